The molecule has 0 aliphatic heterocycles. The van der Waals surface area contributed by atoms with Gasteiger partial charge in [-0.25, -0.2) is 4.79 Å². The normalized spacial score (nSPS) is 9.44. The van der Waals surface area contributed by atoms with Crippen LogP contribution in [0.4, 0.5) is 0 Å². The van der Waals surface area contributed by atoms with E-state index in [0.717, 1.165) is 6.26 Å². The first kappa shape index (κ1) is 5.81. The van der Waals surface area contributed by atoms with E-state index in [0.29, 0.717) is 5.69 Å². The molecular weight excluding hydrogens is 122 g/mol. The summed E-state index contributed by atoms with van der Waals surface area (Å²) in [6.45, 7) is 1.58. The Bertz CT molecular complexity index is 228. The van der Waals surface area contributed by atoms with Gasteiger partial charge in [-0.3, -0.25) is 0 Å². The van der Waals surface area contributed by atoms with Gasteiger partial charge in [-0.15, -0.1) is 0 Å². The summed E-state index contributed by atoms with van der Waals surface area (Å²) < 4.78 is 4.38. The van der Waals surface area contributed by atoms with Crippen LogP contribution >= 0.6 is 0 Å². The number of rotatable bonds is 1. The number of nitrogens with zero attached hydrogens (tertiary/aromatic N) is 1. The number of carbonyl (C=O) groups is 1. The van der Waals surface area contributed by atoms with Gasteiger partial charge < -0.3 is 9.63 Å². The molecule has 1 N–H and O–H groups in total. The van der Waals surface area contributed by atoms with Gasteiger partial charge >= 0.3 is 5.97 Å². The van der Waals surface area contributed by atoms with E-state index in [9.17, 15) is 4.79 Å². The molecular formula is C5H5NO3. The molecule has 4 nitrogen and oxygen atoms in total. The average Bonchev–Trinajstić information content (AvgIpc) is 2.13. The first-order valence-electron chi connectivity index (χ1n) is 2.36. The van der Waals surface area contributed by atoms with E-state index in [-0.39, 0.29) is 5.56 Å². The van der Waals surface area contributed by atoms with Crippen molar-refractivity contribution in [3.8, 4) is 0 Å². The van der Waals surface area contributed by atoms with E-state index in [1.807, 2.05) is 0 Å². The van der Waals surface area contributed by atoms with Gasteiger partial charge in [-0.1, -0.05) is 5.16 Å². The molecule has 0 fully saturated rings. The Kier molecular flexibility index (Phi) is 1.22. The van der Waals surface area contributed by atoms with Gasteiger partial charge in [0.05, 0.1) is 5.69 Å². The number of hydrogen-bond acceptors (Lipinski definition) is 3. The Morgan fingerprint density at radius 2 is 2.56 bits per heavy atom. The molecule has 0 unspecified atom stereocenters. The molecule has 4 heteroatoms. The monoisotopic (exact) mass is 127 g/mol. The maximum Gasteiger partial charge on any atom is 0.340 e. The fourth-order valence-corrected chi connectivity index (χ4v) is 0.498. The number of carboxylic acid groups (broad SMARTS) is 1. The van der Waals surface area contributed by atoms with E-state index in [1.165, 1.54) is 0 Å². The van der Waals surface area contributed by atoms with E-state index in [2.05, 4.69) is 9.68 Å². The van der Waals surface area contributed by atoms with Crippen LogP contribution in [0.5, 0.6) is 0 Å². The fraction of sp³-hybridized carbons (Fsp3) is 0.200. The molecule has 0 spiro atoms. The van der Waals surface area contributed by atoms with Crippen LogP contribution in [-0.2, 0) is 0 Å². The predicted molar refractivity (Wildman–Crippen MR) is 28.2 cm³/mol. The predicted octanol–water partition coefficient (Wildman–Crippen LogP) is 0.681. The highest BCUT2D eigenvalue weighted by Gasteiger charge is 2.08. The summed E-state index contributed by atoms with van der Waals surface area (Å²) in [5.74, 6) is -1.01. The minimum Gasteiger partial charge on any atom is -0.478 e. The Balaban J connectivity index is 3.08. The largest absolute Gasteiger partial charge is 0.478 e. The molecule has 1 heterocycles. The van der Waals surface area contributed by atoms with Crippen molar-refractivity contribution in [2.75, 3.05) is 0 Å². The first-order valence-corrected chi connectivity index (χ1v) is 2.36. The van der Waals surface area contributed by atoms with Crippen LogP contribution in [0.15, 0.2) is 10.8 Å². The Morgan fingerprint density at radius 1 is 1.89 bits per heavy atom. The molecule has 0 aromatic carbocycles. The third kappa shape index (κ3) is 0.910. The highest BCUT2D eigenvalue weighted by molar-refractivity contribution is 5.88. The van der Waals surface area contributed by atoms with E-state index >= 15 is 0 Å². The number of aromatic nitrogens is 1. The molecule has 0 aliphatic rings. The summed E-state index contributed by atoms with van der Waals surface area (Å²) in [6, 6.07) is 0. The van der Waals surface area contributed by atoms with Gasteiger partial charge in [-0.05, 0) is 6.92 Å². The molecule has 1 aromatic heterocycles. The van der Waals surface area contributed by atoms with Crippen molar-refractivity contribution in [2.45, 2.75) is 6.92 Å². The lowest BCUT2D eigenvalue weighted by Gasteiger charge is -1.82. The van der Waals surface area contributed by atoms with Crippen molar-refractivity contribution in [3.63, 3.8) is 0 Å². The molecule has 0 aliphatic carbocycles. The Labute approximate surface area is 51.1 Å². The zero-order chi connectivity index (χ0) is 6.85. The molecule has 0 radical (unpaired) electrons. The maximum atomic E-state index is 10.2. The fourth-order valence-electron chi connectivity index (χ4n) is 0.498. The van der Waals surface area contributed by atoms with E-state index in [1.54, 1.807) is 6.92 Å². The molecule has 0 saturated carbocycles. The van der Waals surface area contributed by atoms with Crippen molar-refractivity contribution in [1.29, 1.82) is 0 Å². The maximum absolute atomic E-state index is 10.2. The van der Waals surface area contributed by atoms with E-state index < -0.39 is 5.97 Å². The highest BCUT2D eigenvalue weighted by atomic mass is 16.5. The van der Waals surface area contributed by atoms with Gasteiger partial charge in [0.2, 0.25) is 0 Å². The number of aryl methyl sites for hydroxylation is 1. The van der Waals surface area contributed by atoms with Gasteiger partial charge in [0.1, 0.15) is 11.8 Å². The molecule has 0 bridgehead atoms. The molecule has 9 heavy (non-hydrogen) atoms. The highest BCUT2D eigenvalue weighted by Crippen LogP contribution is 2.02. The van der Waals surface area contributed by atoms with Crippen molar-refractivity contribution in [3.05, 3.63) is 17.5 Å². The summed E-state index contributed by atoms with van der Waals surface area (Å²) in [6.07, 6.45) is 1.11. The second-order valence-electron chi connectivity index (χ2n) is 1.62. The minimum atomic E-state index is -1.01. The van der Waals surface area contributed by atoms with Crippen LogP contribution in [0, 0.1) is 6.92 Å². The number of carboxylic acids is 1. The summed E-state index contributed by atoms with van der Waals surface area (Å²) in [5.41, 5.74) is 0.525. The SMILES string of the molecule is Cc1nocc1C(=O)O. The van der Waals surface area contributed by atoms with Crippen LogP contribution in [0.25, 0.3) is 0 Å². The van der Waals surface area contributed by atoms with Crippen molar-refractivity contribution in [2.24, 2.45) is 0 Å². The molecule has 0 amide bonds. The number of aromatic carboxylic acids is 1. The smallest absolute Gasteiger partial charge is 0.340 e. The summed E-state index contributed by atoms with van der Waals surface area (Å²) in [7, 11) is 0. The molecule has 1 rings (SSSR count). The zero-order valence-electron chi connectivity index (χ0n) is 4.79. The lowest BCUT2D eigenvalue weighted by atomic mass is 10.3. The van der Waals surface area contributed by atoms with Crippen LogP contribution in [-0.4, -0.2) is 16.2 Å². The van der Waals surface area contributed by atoms with Gasteiger partial charge in [0, 0.05) is 0 Å². The summed E-state index contributed by atoms with van der Waals surface area (Å²) >= 11 is 0. The van der Waals surface area contributed by atoms with Crippen molar-refractivity contribution >= 4 is 5.97 Å². The molecule has 1 aromatic rings. The molecule has 0 atom stereocenters. The first-order chi connectivity index (χ1) is 4.22. The quantitative estimate of drug-likeness (QED) is 0.602. The zero-order valence-corrected chi connectivity index (χ0v) is 4.79. The third-order valence-electron chi connectivity index (χ3n) is 0.980. The Hall–Kier alpha value is -1.32. The van der Waals surface area contributed by atoms with Crippen LogP contribution in [0.1, 0.15) is 16.1 Å². The minimum absolute atomic E-state index is 0.120. The standard InChI is InChI=1S/C5H5NO3/c1-3-4(5(7)8)2-9-6-3/h2H,1H3,(H,7,8). The van der Waals surface area contributed by atoms with Crippen molar-refractivity contribution in [1.82, 2.24) is 5.16 Å². The third-order valence-corrected chi connectivity index (χ3v) is 0.980. The van der Waals surface area contributed by atoms with E-state index in [4.69, 9.17) is 5.11 Å². The summed E-state index contributed by atoms with van der Waals surface area (Å²) in [5, 5.41) is 11.7. The number of hydrogen-bond donors (Lipinski definition) is 1. The van der Waals surface area contributed by atoms with Gasteiger partial charge in [-0.2, -0.15) is 0 Å². The topological polar surface area (TPSA) is 63.3 Å². The van der Waals surface area contributed by atoms with Crippen LogP contribution in [0.3, 0.4) is 0 Å². The average molecular weight is 127 g/mol. The second kappa shape index (κ2) is 1.89. The van der Waals surface area contributed by atoms with Crippen molar-refractivity contribution < 1.29 is 14.4 Å². The lowest BCUT2D eigenvalue weighted by Crippen LogP contribution is -1.95. The Morgan fingerprint density at radius 3 is 2.78 bits per heavy atom. The summed E-state index contributed by atoms with van der Waals surface area (Å²) in [4.78, 5) is 10.2. The van der Waals surface area contributed by atoms with Gasteiger partial charge in [0.25, 0.3) is 0 Å². The van der Waals surface area contributed by atoms with Crippen LogP contribution < -0.4 is 0 Å². The lowest BCUT2D eigenvalue weighted by molar-refractivity contribution is 0.0695. The van der Waals surface area contributed by atoms with Crippen LogP contribution in [0.2, 0.25) is 0 Å². The van der Waals surface area contributed by atoms with Gasteiger partial charge in [0.15, 0.2) is 0 Å². The molecule has 48 valence electrons. The second-order valence-corrected chi connectivity index (χ2v) is 1.62. The molecule has 0 saturated heterocycles.